The van der Waals surface area contributed by atoms with E-state index in [0.29, 0.717) is 42.1 Å². The van der Waals surface area contributed by atoms with Gasteiger partial charge >= 0.3 is 0 Å². The van der Waals surface area contributed by atoms with E-state index in [4.69, 9.17) is 11.6 Å². The van der Waals surface area contributed by atoms with E-state index >= 15 is 0 Å². The first-order chi connectivity index (χ1) is 15.1. The van der Waals surface area contributed by atoms with Crippen LogP contribution in [-0.2, 0) is 4.79 Å². The highest BCUT2D eigenvalue weighted by Crippen LogP contribution is 2.24. The van der Waals surface area contributed by atoms with Crippen LogP contribution in [0.2, 0.25) is 5.02 Å². The molecule has 1 fully saturated rings. The van der Waals surface area contributed by atoms with Gasteiger partial charge in [-0.2, -0.15) is 0 Å². The molecule has 0 unspecified atom stereocenters. The lowest BCUT2D eigenvalue weighted by Crippen LogP contribution is -2.49. The minimum absolute atomic E-state index is 0.0405. The standard InChI is InChI=1S/C24H19ClN4O2/c25-20-3-1-2-16(12-20)19-6-7-22(26-15-19)28-8-10-29(11-9-28)24(31)18-5-4-17-14-23(30)27-21(17)13-18/h1-7,12-15H,8-11H2. The smallest absolute Gasteiger partial charge is 0.270 e. The summed E-state index contributed by atoms with van der Waals surface area (Å²) in [6, 6.07) is 17.0. The van der Waals surface area contributed by atoms with Crippen molar-refractivity contribution in [3.8, 4) is 11.1 Å². The van der Waals surface area contributed by atoms with E-state index in [1.165, 1.54) is 6.08 Å². The maximum absolute atomic E-state index is 12.9. The second kappa shape index (κ2) is 7.96. The number of nitrogens with zero attached hydrogens (tertiary/aromatic N) is 4. The normalized spacial score (nSPS) is 15.3. The van der Waals surface area contributed by atoms with Crippen molar-refractivity contribution in [2.75, 3.05) is 31.1 Å². The SMILES string of the molecule is O=C1C=c2ccc(C(=O)N3CCN(c4ccc(-c5cccc(Cl)c5)cn4)CC3)cc2=N1. The van der Waals surface area contributed by atoms with Crippen LogP contribution in [0.5, 0.6) is 0 Å². The molecule has 1 aromatic heterocycles. The maximum Gasteiger partial charge on any atom is 0.270 e. The van der Waals surface area contributed by atoms with Gasteiger partial charge in [0, 0.05) is 59.8 Å². The summed E-state index contributed by atoms with van der Waals surface area (Å²) in [4.78, 5) is 36.9. The zero-order valence-electron chi connectivity index (χ0n) is 16.7. The molecule has 0 saturated carbocycles. The molecule has 0 radical (unpaired) electrons. The van der Waals surface area contributed by atoms with Crippen LogP contribution in [0.1, 0.15) is 10.4 Å². The Bertz CT molecular complexity index is 1300. The highest BCUT2D eigenvalue weighted by molar-refractivity contribution is 6.30. The molecule has 2 aliphatic rings. The molecule has 2 aliphatic heterocycles. The third-order valence-corrected chi connectivity index (χ3v) is 5.82. The van der Waals surface area contributed by atoms with E-state index in [1.807, 2.05) is 47.5 Å². The number of carbonyl (C=O) groups excluding carboxylic acids is 2. The topological polar surface area (TPSA) is 65.9 Å². The molecule has 2 amide bonds. The second-order valence-electron chi connectivity index (χ2n) is 7.56. The Morgan fingerprint density at radius 1 is 0.935 bits per heavy atom. The van der Waals surface area contributed by atoms with Gasteiger partial charge in [0.05, 0.1) is 5.36 Å². The van der Waals surface area contributed by atoms with Gasteiger partial charge in [0.1, 0.15) is 5.82 Å². The summed E-state index contributed by atoms with van der Waals surface area (Å²) in [5, 5.41) is 2.03. The number of fused-ring (bicyclic) bond motifs is 1. The number of hydrogen-bond acceptors (Lipinski definition) is 4. The summed E-state index contributed by atoms with van der Waals surface area (Å²) in [6.07, 6.45) is 3.33. The molecule has 7 heteroatoms. The fourth-order valence-electron chi connectivity index (χ4n) is 3.91. The second-order valence-corrected chi connectivity index (χ2v) is 8.00. The van der Waals surface area contributed by atoms with Gasteiger partial charge in [-0.15, -0.1) is 0 Å². The van der Waals surface area contributed by atoms with Crippen LogP contribution < -0.4 is 15.5 Å². The van der Waals surface area contributed by atoms with Crippen LogP contribution in [-0.4, -0.2) is 47.9 Å². The Balaban J connectivity index is 1.25. The molecule has 154 valence electrons. The highest BCUT2D eigenvalue weighted by atomic mass is 35.5. The van der Waals surface area contributed by atoms with Gasteiger partial charge < -0.3 is 9.80 Å². The van der Waals surface area contributed by atoms with Crippen molar-refractivity contribution < 1.29 is 9.59 Å². The van der Waals surface area contributed by atoms with Gasteiger partial charge in [0.25, 0.3) is 11.8 Å². The van der Waals surface area contributed by atoms with E-state index in [-0.39, 0.29) is 11.8 Å². The van der Waals surface area contributed by atoms with Crippen molar-refractivity contribution in [2.24, 2.45) is 4.99 Å². The Morgan fingerprint density at radius 2 is 1.77 bits per heavy atom. The molecule has 3 aromatic rings. The van der Waals surface area contributed by atoms with Crippen LogP contribution in [0.4, 0.5) is 5.82 Å². The van der Waals surface area contributed by atoms with Gasteiger partial charge in [-0.3, -0.25) is 9.59 Å². The molecule has 5 rings (SSSR count). The lowest BCUT2D eigenvalue weighted by atomic mass is 10.1. The van der Waals surface area contributed by atoms with Crippen molar-refractivity contribution in [3.63, 3.8) is 0 Å². The van der Waals surface area contributed by atoms with Crippen LogP contribution in [0.15, 0.2) is 65.8 Å². The Kier molecular flexibility index (Phi) is 5.00. The first kappa shape index (κ1) is 19.5. The third-order valence-electron chi connectivity index (χ3n) is 5.58. The first-order valence-electron chi connectivity index (χ1n) is 10.1. The third kappa shape index (κ3) is 3.94. The highest BCUT2D eigenvalue weighted by Gasteiger charge is 2.23. The fourth-order valence-corrected chi connectivity index (χ4v) is 4.10. The van der Waals surface area contributed by atoms with E-state index in [0.717, 1.165) is 22.2 Å². The Labute approximate surface area is 184 Å². The number of rotatable bonds is 3. The molecular weight excluding hydrogens is 412 g/mol. The van der Waals surface area contributed by atoms with Crippen molar-refractivity contribution in [2.45, 2.75) is 0 Å². The van der Waals surface area contributed by atoms with Crippen LogP contribution in [0, 0.1) is 0 Å². The van der Waals surface area contributed by atoms with Gasteiger partial charge in [-0.05, 0) is 42.0 Å². The summed E-state index contributed by atoms with van der Waals surface area (Å²) in [6.45, 7) is 2.62. The van der Waals surface area contributed by atoms with Crippen LogP contribution in [0.25, 0.3) is 17.2 Å². The zero-order chi connectivity index (χ0) is 21.4. The van der Waals surface area contributed by atoms with Crippen molar-refractivity contribution in [1.29, 1.82) is 0 Å². The monoisotopic (exact) mass is 430 g/mol. The summed E-state index contributed by atoms with van der Waals surface area (Å²) in [7, 11) is 0. The predicted molar refractivity (Wildman–Crippen MR) is 119 cm³/mol. The van der Waals surface area contributed by atoms with Crippen molar-refractivity contribution >= 4 is 35.3 Å². The number of aromatic nitrogens is 1. The van der Waals surface area contributed by atoms with E-state index < -0.39 is 0 Å². The minimum atomic E-state index is -0.276. The number of carbonyl (C=O) groups is 2. The fraction of sp³-hybridized carbons (Fsp3) is 0.167. The van der Waals surface area contributed by atoms with E-state index in [1.54, 1.807) is 18.2 Å². The van der Waals surface area contributed by atoms with Crippen molar-refractivity contribution in [1.82, 2.24) is 9.88 Å². The minimum Gasteiger partial charge on any atom is -0.353 e. The molecule has 0 N–H and O–H groups in total. The van der Waals surface area contributed by atoms with Gasteiger partial charge in [-0.1, -0.05) is 29.8 Å². The first-order valence-corrected chi connectivity index (χ1v) is 10.5. The molecule has 6 nitrogen and oxygen atoms in total. The molecule has 3 heterocycles. The average molecular weight is 431 g/mol. The summed E-state index contributed by atoms with van der Waals surface area (Å²) >= 11 is 6.08. The van der Waals surface area contributed by atoms with Crippen LogP contribution >= 0.6 is 11.6 Å². The summed E-state index contributed by atoms with van der Waals surface area (Å²) in [5.41, 5.74) is 2.60. The van der Waals surface area contributed by atoms with Crippen molar-refractivity contribution in [3.05, 3.63) is 82.0 Å². The van der Waals surface area contributed by atoms with Gasteiger partial charge in [0.15, 0.2) is 0 Å². The number of pyridine rings is 1. The molecule has 0 aliphatic carbocycles. The lowest BCUT2D eigenvalue weighted by Gasteiger charge is -2.35. The maximum atomic E-state index is 12.9. The molecule has 31 heavy (non-hydrogen) atoms. The number of halogens is 1. The molecule has 1 saturated heterocycles. The number of hydrogen-bond donors (Lipinski definition) is 0. The van der Waals surface area contributed by atoms with E-state index in [2.05, 4.69) is 14.9 Å². The average Bonchev–Trinajstić information content (AvgIpc) is 3.18. The van der Waals surface area contributed by atoms with Gasteiger partial charge in [-0.25, -0.2) is 9.98 Å². The van der Waals surface area contributed by atoms with Crippen LogP contribution in [0.3, 0.4) is 0 Å². The lowest BCUT2D eigenvalue weighted by molar-refractivity contribution is -0.112. The largest absolute Gasteiger partial charge is 0.353 e. The predicted octanol–water partition coefficient (Wildman–Crippen LogP) is 2.30. The molecule has 2 aromatic carbocycles. The molecular formula is C24H19ClN4O2. The van der Waals surface area contributed by atoms with E-state index in [9.17, 15) is 9.59 Å². The zero-order valence-corrected chi connectivity index (χ0v) is 17.4. The number of benzene rings is 2. The Hall–Kier alpha value is -3.51. The molecule has 0 bridgehead atoms. The molecule has 0 atom stereocenters. The number of anilines is 1. The molecule has 0 spiro atoms. The summed E-state index contributed by atoms with van der Waals surface area (Å²) in [5.74, 6) is 0.576. The Morgan fingerprint density at radius 3 is 2.52 bits per heavy atom. The number of piperazine rings is 1. The van der Waals surface area contributed by atoms with Gasteiger partial charge in [0.2, 0.25) is 0 Å². The number of amides is 2. The summed E-state index contributed by atoms with van der Waals surface area (Å²) < 4.78 is 0. The quantitative estimate of drug-likeness (QED) is 0.639.